The Morgan fingerprint density at radius 1 is 1.14 bits per heavy atom. The topological polar surface area (TPSA) is 107 Å². The molecule has 2 heterocycles. The Hall–Kier alpha value is -1.34. The second-order valence-corrected chi connectivity index (χ2v) is 17.5. The van der Waals surface area contributed by atoms with Crippen molar-refractivity contribution in [3.05, 3.63) is 29.8 Å². The molecule has 198 valence electrons. The monoisotopic (exact) mass is 530 g/mol. The molecule has 2 saturated heterocycles. The zero-order valence-electron chi connectivity index (χ0n) is 22.0. The summed E-state index contributed by atoms with van der Waals surface area (Å²) < 4.78 is 61.9. The van der Waals surface area contributed by atoms with Crippen LogP contribution in [0.5, 0.6) is 0 Å². The number of fused-ring (bicyclic) bond motifs is 1. The Kier molecular flexibility index (Phi) is 7.94. The first kappa shape index (κ1) is 28.2. The zero-order chi connectivity index (χ0) is 26.4. The summed E-state index contributed by atoms with van der Waals surface area (Å²) in [6.45, 7) is 16.9. The molecule has 0 radical (unpaired) electrons. The Labute approximate surface area is 209 Å². The molecule has 35 heavy (non-hydrogen) atoms. The van der Waals surface area contributed by atoms with Gasteiger partial charge in [-0.05, 0) is 51.0 Å². The van der Waals surface area contributed by atoms with Crippen LogP contribution >= 0.6 is 0 Å². The van der Waals surface area contributed by atoms with Crippen molar-refractivity contribution >= 4 is 24.4 Å². The lowest BCUT2D eigenvalue weighted by Gasteiger charge is -2.38. The molecule has 2 aliphatic rings. The molecule has 0 N–H and O–H groups in total. The number of rotatable bonds is 8. The van der Waals surface area contributed by atoms with Crippen LogP contribution in [0.15, 0.2) is 29.2 Å². The van der Waals surface area contributed by atoms with E-state index in [1.807, 2.05) is 6.92 Å². The lowest BCUT2D eigenvalue weighted by atomic mass is 10.1. The first-order valence-corrected chi connectivity index (χ1v) is 16.1. The molecule has 1 aromatic carbocycles. The maximum Gasteiger partial charge on any atom is 0.303 e. The van der Waals surface area contributed by atoms with E-state index in [9.17, 15) is 13.2 Å². The van der Waals surface area contributed by atoms with Gasteiger partial charge in [-0.15, -0.1) is 0 Å². The molecule has 9 nitrogen and oxygen atoms in total. The van der Waals surface area contributed by atoms with Crippen molar-refractivity contribution < 1.29 is 40.8 Å². The van der Waals surface area contributed by atoms with Gasteiger partial charge in [-0.2, -0.15) is 8.42 Å². The summed E-state index contributed by atoms with van der Waals surface area (Å²) in [7, 11) is -6.47. The minimum absolute atomic E-state index is 0.0105. The standard InChI is InChI=1S/C24H38O9SSi/c1-15-10-12-17(13-11-15)34(26,27)33-18(14-28-35(8,9)23(3,4)5)19-20(29-16(2)25)21-22(30-19)32-24(6,7)31-21/h10-13,18-22H,14H2,1-9H3/t18-,19-,20-,21-,22-/m1/s1. The fraction of sp³-hybridized carbons (Fsp3) is 0.708. The number of carbonyl (C=O) groups excluding carboxylic acids is 1. The molecule has 0 aliphatic carbocycles. The predicted molar refractivity (Wildman–Crippen MR) is 131 cm³/mol. The quantitative estimate of drug-likeness (QED) is 0.281. The van der Waals surface area contributed by atoms with Gasteiger partial charge in [0.05, 0.1) is 11.5 Å². The van der Waals surface area contributed by atoms with Gasteiger partial charge in [0.2, 0.25) is 0 Å². The van der Waals surface area contributed by atoms with Crippen molar-refractivity contribution in [1.82, 2.24) is 0 Å². The smallest absolute Gasteiger partial charge is 0.303 e. The fourth-order valence-electron chi connectivity index (χ4n) is 3.74. The van der Waals surface area contributed by atoms with E-state index < -0.39 is 60.9 Å². The number of hydrogen-bond acceptors (Lipinski definition) is 9. The number of hydrogen-bond donors (Lipinski definition) is 0. The number of ether oxygens (including phenoxy) is 4. The maximum absolute atomic E-state index is 13.2. The summed E-state index contributed by atoms with van der Waals surface area (Å²) in [5.74, 6) is -1.50. The molecule has 2 fully saturated rings. The normalized spacial score (nSPS) is 27.5. The summed E-state index contributed by atoms with van der Waals surface area (Å²) in [6.07, 6.45) is -4.63. The van der Waals surface area contributed by atoms with Crippen LogP contribution in [0.3, 0.4) is 0 Å². The fourth-order valence-corrected chi connectivity index (χ4v) is 5.82. The molecule has 0 unspecified atom stereocenters. The lowest BCUT2D eigenvalue weighted by molar-refractivity contribution is -0.228. The molecular formula is C24H38O9SSi. The largest absolute Gasteiger partial charge is 0.457 e. The third kappa shape index (κ3) is 6.51. The minimum atomic E-state index is -4.18. The predicted octanol–water partition coefficient (Wildman–Crippen LogP) is 3.90. The molecule has 1 aromatic rings. The highest BCUT2D eigenvalue weighted by Crippen LogP contribution is 2.42. The number of aryl methyl sites for hydroxylation is 1. The summed E-state index contributed by atoms with van der Waals surface area (Å²) in [6, 6.07) is 6.36. The van der Waals surface area contributed by atoms with Crippen LogP contribution in [0.2, 0.25) is 18.1 Å². The van der Waals surface area contributed by atoms with Gasteiger partial charge in [0, 0.05) is 6.92 Å². The Balaban J connectivity index is 1.93. The van der Waals surface area contributed by atoms with Gasteiger partial charge >= 0.3 is 5.97 Å². The van der Waals surface area contributed by atoms with Crippen molar-refractivity contribution in [2.24, 2.45) is 0 Å². The molecular weight excluding hydrogens is 492 g/mol. The van der Waals surface area contributed by atoms with Crippen LogP contribution < -0.4 is 0 Å². The molecule has 0 bridgehead atoms. The first-order chi connectivity index (χ1) is 15.9. The summed E-state index contributed by atoms with van der Waals surface area (Å²) >= 11 is 0. The molecule has 3 rings (SSSR count). The molecule has 0 saturated carbocycles. The SMILES string of the molecule is CC(=O)O[C@H]1[C@H]2OC(C)(C)O[C@H]2O[C@@H]1[C@@H](CO[Si](C)(C)C(C)(C)C)OS(=O)(=O)c1ccc(C)cc1. The lowest BCUT2D eigenvalue weighted by Crippen LogP contribution is -2.50. The zero-order valence-corrected chi connectivity index (χ0v) is 23.8. The summed E-state index contributed by atoms with van der Waals surface area (Å²) in [5.41, 5.74) is 0.917. The van der Waals surface area contributed by atoms with Crippen LogP contribution in [0.25, 0.3) is 0 Å². The molecule has 0 amide bonds. The molecule has 5 atom stereocenters. The number of benzene rings is 1. The van der Waals surface area contributed by atoms with E-state index in [0.29, 0.717) is 0 Å². The third-order valence-corrected chi connectivity index (χ3v) is 12.5. The highest BCUT2D eigenvalue weighted by atomic mass is 32.2. The van der Waals surface area contributed by atoms with Crippen LogP contribution in [-0.4, -0.2) is 65.8 Å². The van der Waals surface area contributed by atoms with Crippen molar-refractivity contribution in [3.8, 4) is 0 Å². The molecule has 2 aliphatic heterocycles. The molecule has 11 heteroatoms. The van der Waals surface area contributed by atoms with Crippen molar-refractivity contribution in [1.29, 1.82) is 0 Å². The van der Waals surface area contributed by atoms with Gasteiger partial charge in [0.15, 0.2) is 32.6 Å². The van der Waals surface area contributed by atoms with Gasteiger partial charge in [-0.1, -0.05) is 38.5 Å². The van der Waals surface area contributed by atoms with Crippen LogP contribution in [0.4, 0.5) is 0 Å². The molecule has 0 spiro atoms. The van der Waals surface area contributed by atoms with Crippen LogP contribution in [0, 0.1) is 6.92 Å². The highest BCUT2D eigenvalue weighted by Gasteiger charge is 2.59. The second kappa shape index (κ2) is 9.84. The highest BCUT2D eigenvalue weighted by molar-refractivity contribution is 7.86. The third-order valence-electron chi connectivity index (χ3n) is 6.67. The number of carbonyl (C=O) groups is 1. The van der Waals surface area contributed by atoms with E-state index in [-0.39, 0.29) is 16.5 Å². The van der Waals surface area contributed by atoms with Gasteiger partial charge in [0.1, 0.15) is 12.2 Å². The maximum atomic E-state index is 13.2. The average molecular weight is 531 g/mol. The number of esters is 1. The average Bonchev–Trinajstić information content (AvgIpc) is 3.16. The van der Waals surface area contributed by atoms with Gasteiger partial charge in [-0.25, -0.2) is 0 Å². The van der Waals surface area contributed by atoms with Crippen molar-refractivity contribution in [2.75, 3.05) is 6.61 Å². The van der Waals surface area contributed by atoms with Crippen molar-refractivity contribution in [3.63, 3.8) is 0 Å². The van der Waals surface area contributed by atoms with E-state index in [1.54, 1.807) is 26.0 Å². The summed E-state index contributed by atoms with van der Waals surface area (Å²) in [5, 5.41) is -0.119. The van der Waals surface area contributed by atoms with Crippen LogP contribution in [0.1, 0.15) is 47.1 Å². The molecule has 0 aromatic heterocycles. The first-order valence-electron chi connectivity index (χ1n) is 11.7. The Morgan fingerprint density at radius 3 is 2.29 bits per heavy atom. The van der Waals surface area contributed by atoms with E-state index in [4.69, 9.17) is 27.6 Å². The van der Waals surface area contributed by atoms with Crippen molar-refractivity contribution in [2.45, 2.75) is 108 Å². The van der Waals surface area contributed by atoms with Crippen LogP contribution in [-0.2, 0) is 42.5 Å². The van der Waals surface area contributed by atoms with E-state index >= 15 is 0 Å². The van der Waals surface area contributed by atoms with E-state index in [0.717, 1.165) is 5.56 Å². The summed E-state index contributed by atoms with van der Waals surface area (Å²) in [4.78, 5) is 12.0. The minimum Gasteiger partial charge on any atom is -0.457 e. The second-order valence-electron chi connectivity index (χ2n) is 11.1. The van der Waals surface area contributed by atoms with Gasteiger partial charge in [0.25, 0.3) is 10.1 Å². The van der Waals surface area contributed by atoms with Gasteiger partial charge in [-0.3, -0.25) is 8.98 Å². The van der Waals surface area contributed by atoms with E-state index in [2.05, 4.69) is 33.9 Å². The van der Waals surface area contributed by atoms with Gasteiger partial charge < -0.3 is 23.4 Å². The van der Waals surface area contributed by atoms with E-state index in [1.165, 1.54) is 19.1 Å². The Bertz CT molecular complexity index is 1010. The Morgan fingerprint density at radius 2 is 1.74 bits per heavy atom.